The molecule has 1 aliphatic rings. The van der Waals surface area contributed by atoms with E-state index >= 15 is 0 Å². The number of halogens is 1. The van der Waals surface area contributed by atoms with Crippen LogP contribution in [0, 0.1) is 6.92 Å². The van der Waals surface area contributed by atoms with Gasteiger partial charge in [0.05, 0.1) is 37.5 Å². The number of benzene rings is 1. The highest BCUT2D eigenvalue weighted by atomic mass is 35.5. The molecule has 0 saturated carbocycles. The van der Waals surface area contributed by atoms with E-state index in [2.05, 4.69) is 5.16 Å². The van der Waals surface area contributed by atoms with E-state index in [1.54, 1.807) is 43.5 Å². The molecule has 10 nitrogen and oxygen atoms in total. The number of esters is 3. The van der Waals surface area contributed by atoms with Gasteiger partial charge in [0.2, 0.25) is 0 Å². The molecule has 0 saturated heterocycles. The predicted molar refractivity (Wildman–Crippen MR) is 120 cm³/mol. The van der Waals surface area contributed by atoms with E-state index in [9.17, 15) is 14.4 Å². The average molecular weight is 489 g/mol. The second-order valence-corrected chi connectivity index (χ2v) is 7.18. The molecule has 178 valence electrons. The lowest BCUT2D eigenvalue weighted by molar-refractivity contribution is -0.139. The van der Waals surface area contributed by atoms with Gasteiger partial charge in [-0.1, -0.05) is 22.8 Å². The Morgan fingerprint density at radius 3 is 2.38 bits per heavy atom. The smallest absolute Gasteiger partial charge is 0.360 e. The highest BCUT2D eigenvalue weighted by molar-refractivity contribution is 6.32. The minimum absolute atomic E-state index is 0.00840. The zero-order valence-corrected chi connectivity index (χ0v) is 19.5. The lowest BCUT2D eigenvalue weighted by Crippen LogP contribution is -2.26. The van der Waals surface area contributed by atoms with Crippen LogP contribution in [-0.2, 0) is 30.4 Å². The third-order valence-electron chi connectivity index (χ3n) is 4.82. The summed E-state index contributed by atoms with van der Waals surface area (Å²) in [5, 5.41) is 3.91. The SMILES string of the molecule is COC(=O)C1=C(C(=O)OC)N(c2ccc(OCc3c(C(=O)OC)noc3C)c(Cl)c2)C=CC=C1. The normalized spacial score (nSPS) is 12.9. The summed E-state index contributed by atoms with van der Waals surface area (Å²) in [5.41, 5.74) is 0.849. The maximum Gasteiger partial charge on any atom is 0.360 e. The lowest BCUT2D eigenvalue weighted by Gasteiger charge is -2.23. The van der Waals surface area contributed by atoms with Crippen molar-refractivity contribution >= 4 is 35.2 Å². The predicted octanol–water partition coefficient (Wildman–Crippen LogP) is 3.49. The van der Waals surface area contributed by atoms with Gasteiger partial charge in [0.25, 0.3) is 0 Å². The molecular weight excluding hydrogens is 468 g/mol. The first-order valence-electron chi connectivity index (χ1n) is 9.83. The van der Waals surface area contributed by atoms with Gasteiger partial charge in [0.15, 0.2) is 5.69 Å². The highest BCUT2D eigenvalue weighted by Gasteiger charge is 2.28. The minimum atomic E-state index is -0.744. The van der Waals surface area contributed by atoms with Gasteiger partial charge in [-0.15, -0.1) is 0 Å². The van der Waals surface area contributed by atoms with Crippen molar-refractivity contribution in [3.8, 4) is 5.75 Å². The van der Waals surface area contributed by atoms with Crippen molar-refractivity contribution < 1.29 is 37.9 Å². The molecule has 2 aromatic rings. The van der Waals surface area contributed by atoms with Crippen molar-refractivity contribution in [2.45, 2.75) is 13.5 Å². The Morgan fingerprint density at radius 2 is 1.74 bits per heavy atom. The quantitative estimate of drug-likeness (QED) is 0.423. The Hall–Kier alpha value is -4.05. The van der Waals surface area contributed by atoms with Crippen molar-refractivity contribution in [2.75, 3.05) is 26.2 Å². The van der Waals surface area contributed by atoms with Crippen molar-refractivity contribution in [1.29, 1.82) is 0 Å². The average Bonchev–Trinajstić information content (AvgIpc) is 3.07. The maximum absolute atomic E-state index is 12.6. The van der Waals surface area contributed by atoms with Crippen molar-refractivity contribution in [3.05, 3.63) is 75.9 Å². The molecule has 1 aromatic carbocycles. The number of ether oxygens (including phenoxy) is 4. The van der Waals surface area contributed by atoms with Crippen molar-refractivity contribution in [1.82, 2.24) is 5.16 Å². The molecule has 0 bridgehead atoms. The van der Waals surface area contributed by atoms with Crippen LogP contribution in [-0.4, -0.2) is 44.4 Å². The number of allylic oxidation sites excluding steroid dienone is 2. The van der Waals surface area contributed by atoms with E-state index in [-0.39, 0.29) is 28.6 Å². The molecule has 11 heteroatoms. The molecule has 0 aliphatic carbocycles. The van der Waals surface area contributed by atoms with Crippen molar-refractivity contribution in [3.63, 3.8) is 0 Å². The van der Waals surface area contributed by atoms with Crippen LogP contribution in [0.4, 0.5) is 5.69 Å². The largest absolute Gasteiger partial charge is 0.487 e. The van der Waals surface area contributed by atoms with Crippen LogP contribution < -0.4 is 9.64 Å². The van der Waals surface area contributed by atoms with Gasteiger partial charge in [-0.2, -0.15) is 0 Å². The van der Waals surface area contributed by atoms with E-state index in [1.807, 2.05) is 0 Å². The van der Waals surface area contributed by atoms with E-state index in [4.69, 9.17) is 35.1 Å². The highest BCUT2D eigenvalue weighted by Crippen LogP contribution is 2.34. The number of rotatable bonds is 7. The van der Waals surface area contributed by atoms with Gasteiger partial charge >= 0.3 is 17.9 Å². The van der Waals surface area contributed by atoms with Crippen LogP contribution in [0.15, 0.2) is 58.4 Å². The first-order chi connectivity index (χ1) is 16.3. The van der Waals surface area contributed by atoms with Crippen LogP contribution in [0.1, 0.15) is 21.8 Å². The molecule has 0 unspecified atom stereocenters. The molecule has 0 amide bonds. The summed E-state index contributed by atoms with van der Waals surface area (Å²) in [6.45, 7) is 1.59. The van der Waals surface area contributed by atoms with E-state index < -0.39 is 17.9 Å². The van der Waals surface area contributed by atoms with Gasteiger partial charge in [-0.25, -0.2) is 14.4 Å². The fourth-order valence-electron chi connectivity index (χ4n) is 3.09. The minimum Gasteiger partial charge on any atom is -0.487 e. The maximum atomic E-state index is 12.6. The first kappa shape index (κ1) is 24.6. The summed E-state index contributed by atoms with van der Waals surface area (Å²) in [5.74, 6) is -1.40. The Kier molecular flexibility index (Phi) is 7.75. The second kappa shape index (κ2) is 10.7. The van der Waals surface area contributed by atoms with Gasteiger partial charge in [-0.05, 0) is 37.3 Å². The van der Waals surface area contributed by atoms with Gasteiger partial charge in [0, 0.05) is 11.9 Å². The third-order valence-corrected chi connectivity index (χ3v) is 5.11. The number of hydrogen-bond acceptors (Lipinski definition) is 10. The van der Waals surface area contributed by atoms with Crippen LogP contribution in [0.2, 0.25) is 5.02 Å². The third kappa shape index (κ3) is 4.96. The topological polar surface area (TPSA) is 117 Å². The number of hydrogen-bond donors (Lipinski definition) is 0. The Labute approximate surface area is 199 Å². The molecule has 2 heterocycles. The number of anilines is 1. The van der Waals surface area contributed by atoms with E-state index in [1.165, 1.54) is 32.3 Å². The van der Waals surface area contributed by atoms with Crippen LogP contribution in [0.5, 0.6) is 5.75 Å². The molecule has 1 aromatic heterocycles. The molecule has 34 heavy (non-hydrogen) atoms. The first-order valence-corrected chi connectivity index (χ1v) is 10.2. The number of carbonyl (C=O) groups excluding carboxylic acids is 3. The standard InChI is InChI=1S/C23H21ClN2O8/c1-13-16(19(25-34-13)22(28)31-3)12-33-18-9-8-14(11-17(18)24)26-10-6-5-7-15(21(27)30-2)20(26)23(29)32-4/h5-11H,12H2,1-4H3. The summed E-state index contributed by atoms with van der Waals surface area (Å²) in [4.78, 5) is 38.2. The summed E-state index contributed by atoms with van der Waals surface area (Å²) < 4.78 is 25.2. The lowest BCUT2D eigenvalue weighted by atomic mass is 10.1. The van der Waals surface area contributed by atoms with Crippen LogP contribution in [0.3, 0.4) is 0 Å². The second-order valence-electron chi connectivity index (χ2n) is 6.78. The number of carbonyl (C=O) groups is 3. The van der Waals surface area contributed by atoms with Gasteiger partial charge in [-0.3, -0.25) is 0 Å². The number of aryl methyl sites for hydroxylation is 1. The molecule has 1 aliphatic heterocycles. The summed E-state index contributed by atoms with van der Waals surface area (Å²) in [6, 6.07) is 4.76. The Morgan fingerprint density at radius 1 is 1.03 bits per heavy atom. The Balaban J connectivity index is 1.92. The zero-order chi connectivity index (χ0) is 24.8. The summed E-state index contributed by atoms with van der Waals surface area (Å²) in [6.07, 6.45) is 6.26. The monoisotopic (exact) mass is 488 g/mol. The fraction of sp³-hybridized carbons (Fsp3) is 0.217. The van der Waals surface area contributed by atoms with E-state index in [0.717, 1.165) is 0 Å². The van der Waals surface area contributed by atoms with Crippen LogP contribution >= 0.6 is 11.6 Å². The zero-order valence-electron chi connectivity index (χ0n) is 18.8. The summed E-state index contributed by atoms with van der Waals surface area (Å²) >= 11 is 6.44. The van der Waals surface area contributed by atoms with Crippen molar-refractivity contribution in [2.24, 2.45) is 0 Å². The van der Waals surface area contributed by atoms with Gasteiger partial charge in [0.1, 0.15) is 23.8 Å². The number of methoxy groups -OCH3 is 3. The molecule has 0 N–H and O–H groups in total. The Bertz CT molecular complexity index is 1210. The number of nitrogens with zero attached hydrogens (tertiary/aromatic N) is 2. The van der Waals surface area contributed by atoms with E-state index in [0.29, 0.717) is 22.8 Å². The van der Waals surface area contributed by atoms with Gasteiger partial charge < -0.3 is 28.4 Å². The van der Waals surface area contributed by atoms with Crippen LogP contribution in [0.25, 0.3) is 0 Å². The molecular formula is C23H21ClN2O8. The fourth-order valence-corrected chi connectivity index (χ4v) is 3.32. The molecule has 0 atom stereocenters. The molecule has 3 rings (SSSR count). The molecule has 0 spiro atoms. The molecule has 0 fully saturated rings. The molecule has 0 radical (unpaired) electrons. The number of aromatic nitrogens is 1. The summed E-state index contributed by atoms with van der Waals surface area (Å²) in [7, 11) is 3.66.